The van der Waals surface area contributed by atoms with Gasteiger partial charge in [-0.25, -0.2) is 0 Å². The van der Waals surface area contributed by atoms with E-state index in [0.29, 0.717) is 12.2 Å². The van der Waals surface area contributed by atoms with Crippen LogP contribution in [0.3, 0.4) is 0 Å². The van der Waals surface area contributed by atoms with E-state index >= 15 is 0 Å². The highest BCUT2D eigenvalue weighted by Crippen LogP contribution is 2.19. The van der Waals surface area contributed by atoms with E-state index in [1.54, 1.807) is 0 Å². The second kappa shape index (κ2) is 12.9. The van der Waals surface area contributed by atoms with Crippen LogP contribution in [0.4, 0.5) is 0 Å². The number of methoxy groups -OCH3 is 1. The minimum Gasteiger partial charge on any atom is -0.469 e. The van der Waals surface area contributed by atoms with Crippen LogP contribution in [0.5, 0.6) is 0 Å². The van der Waals surface area contributed by atoms with Gasteiger partial charge in [0.05, 0.1) is 22.3 Å². The zero-order chi connectivity index (χ0) is 17.8. The fourth-order valence-electron chi connectivity index (χ4n) is 3.87. The van der Waals surface area contributed by atoms with Crippen molar-refractivity contribution in [1.82, 2.24) is 9.80 Å². The molecule has 0 aromatic rings. The van der Waals surface area contributed by atoms with Gasteiger partial charge >= 0.3 is 5.97 Å². The van der Waals surface area contributed by atoms with Crippen LogP contribution in [-0.2, 0) is 9.53 Å². The van der Waals surface area contributed by atoms with Crippen LogP contribution in [-0.4, -0.2) is 63.6 Å². The van der Waals surface area contributed by atoms with E-state index in [4.69, 9.17) is 4.74 Å². The second-order valence-corrected chi connectivity index (χ2v) is 10.6. The van der Waals surface area contributed by atoms with Crippen molar-refractivity contribution in [1.29, 1.82) is 0 Å². The minimum atomic E-state index is -0.789. The Morgan fingerprint density at radius 3 is 2.04 bits per heavy atom. The molecule has 0 N–H and O–H groups in total. The number of carbonyl (C=O) groups is 1. The van der Waals surface area contributed by atoms with Crippen molar-refractivity contribution < 1.29 is 9.53 Å². The minimum absolute atomic E-state index is 0.0827. The van der Waals surface area contributed by atoms with Crippen LogP contribution in [0.15, 0.2) is 0 Å². The third-order valence-corrected chi connectivity index (χ3v) is 7.18. The first-order valence-electron chi connectivity index (χ1n) is 10.1. The average molecular weight is 357 g/mol. The summed E-state index contributed by atoms with van der Waals surface area (Å²) >= 11 is 0. The molecular formula is C19H40N2O2Si. The zero-order valence-electron chi connectivity index (χ0n) is 16.6. The van der Waals surface area contributed by atoms with Crippen molar-refractivity contribution >= 4 is 14.8 Å². The summed E-state index contributed by atoms with van der Waals surface area (Å²) in [5, 5.41) is 0. The lowest BCUT2D eigenvalue weighted by atomic mass is 10.1. The van der Waals surface area contributed by atoms with Gasteiger partial charge in [-0.1, -0.05) is 65.0 Å². The molecule has 0 amide bonds. The van der Waals surface area contributed by atoms with Gasteiger partial charge in [0.1, 0.15) is 0 Å². The Labute approximate surface area is 151 Å². The number of carbonyl (C=O) groups excluding carboxylic acids is 1. The van der Waals surface area contributed by atoms with Gasteiger partial charge in [-0.05, 0) is 13.0 Å². The molecule has 1 atom stereocenters. The molecule has 24 heavy (non-hydrogen) atoms. The van der Waals surface area contributed by atoms with Crippen molar-refractivity contribution in [3.05, 3.63) is 0 Å². The van der Waals surface area contributed by atoms with Crippen molar-refractivity contribution in [2.45, 2.75) is 83.6 Å². The Hall–Kier alpha value is -0.393. The van der Waals surface area contributed by atoms with E-state index in [1.165, 1.54) is 71.6 Å². The molecule has 1 rings (SSSR count). The van der Waals surface area contributed by atoms with Crippen molar-refractivity contribution in [2.75, 3.05) is 33.3 Å². The summed E-state index contributed by atoms with van der Waals surface area (Å²) in [6, 6.07) is 0. The number of hydrogen-bond acceptors (Lipinski definition) is 4. The summed E-state index contributed by atoms with van der Waals surface area (Å²) in [6.07, 6.45) is 11.6. The van der Waals surface area contributed by atoms with E-state index in [9.17, 15) is 4.79 Å². The molecule has 0 aromatic heterocycles. The summed E-state index contributed by atoms with van der Waals surface area (Å²) in [5.41, 5.74) is 0. The molecule has 142 valence electrons. The fourth-order valence-corrected chi connectivity index (χ4v) is 6.15. The molecule has 0 aliphatic carbocycles. The van der Waals surface area contributed by atoms with Crippen LogP contribution in [0.1, 0.15) is 64.7 Å². The van der Waals surface area contributed by atoms with Crippen LogP contribution in [0, 0.1) is 0 Å². The molecule has 0 radical (unpaired) electrons. The Kier molecular flexibility index (Phi) is 11.6. The van der Waals surface area contributed by atoms with Crippen molar-refractivity contribution in [3.63, 3.8) is 0 Å². The van der Waals surface area contributed by atoms with Gasteiger partial charge in [-0.2, -0.15) is 0 Å². The Balaban J connectivity index is 2.23. The monoisotopic (exact) mass is 356 g/mol. The molecule has 1 heterocycles. The zero-order valence-corrected chi connectivity index (χ0v) is 17.7. The summed E-state index contributed by atoms with van der Waals surface area (Å²) in [5.74, 6) is 0.542. The lowest BCUT2D eigenvalue weighted by molar-refractivity contribution is -0.141. The van der Waals surface area contributed by atoms with E-state index < -0.39 is 8.80 Å². The summed E-state index contributed by atoms with van der Waals surface area (Å²) < 4.78 is 4.79. The van der Waals surface area contributed by atoms with Crippen LogP contribution >= 0.6 is 0 Å². The lowest BCUT2D eigenvalue weighted by Crippen LogP contribution is -2.48. The summed E-state index contributed by atoms with van der Waals surface area (Å²) in [7, 11) is 0.693. The molecular weight excluding hydrogens is 316 g/mol. The van der Waals surface area contributed by atoms with E-state index in [1.807, 2.05) is 0 Å². The third-order valence-electron chi connectivity index (χ3n) is 5.15. The fraction of sp³-hybridized carbons (Fsp3) is 0.947. The highest BCUT2D eigenvalue weighted by molar-refractivity contribution is 6.57. The highest BCUT2D eigenvalue weighted by Gasteiger charge is 2.33. The SMILES string of the molecule is CCCCCCCCCCN1CCN(CCC(=O)OC)C1[SiH](C)C. The molecule has 1 fully saturated rings. The van der Waals surface area contributed by atoms with Crippen molar-refractivity contribution in [3.8, 4) is 0 Å². The lowest BCUT2D eigenvalue weighted by Gasteiger charge is -2.33. The third kappa shape index (κ3) is 8.12. The van der Waals surface area contributed by atoms with E-state index in [-0.39, 0.29) is 5.97 Å². The van der Waals surface area contributed by atoms with Gasteiger partial charge in [-0.15, -0.1) is 0 Å². The topological polar surface area (TPSA) is 32.8 Å². The number of unbranched alkanes of at least 4 members (excludes halogenated alkanes) is 7. The number of nitrogens with zero attached hydrogens (tertiary/aromatic N) is 2. The Bertz CT molecular complexity index is 339. The quantitative estimate of drug-likeness (QED) is 0.286. The Morgan fingerprint density at radius 2 is 1.50 bits per heavy atom. The summed E-state index contributed by atoms with van der Waals surface area (Å²) in [6.45, 7) is 11.5. The van der Waals surface area contributed by atoms with Crippen LogP contribution in [0.2, 0.25) is 13.1 Å². The molecule has 0 aromatic carbocycles. The van der Waals surface area contributed by atoms with Crippen LogP contribution in [0.25, 0.3) is 0 Å². The molecule has 5 heteroatoms. The first-order valence-corrected chi connectivity index (χ1v) is 13.1. The molecule has 1 aliphatic rings. The molecule has 1 saturated heterocycles. The molecule has 0 spiro atoms. The maximum atomic E-state index is 11.4. The largest absolute Gasteiger partial charge is 0.469 e. The number of ether oxygens (including phenoxy) is 1. The smallest absolute Gasteiger partial charge is 0.306 e. The van der Waals surface area contributed by atoms with Gasteiger partial charge in [0, 0.05) is 25.4 Å². The molecule has 1 unspecified atom stereocenters. The average Bonchev–Trinajstić information content (AvgIpc) is 2.98. The molecule has 1 aliphatic heterocycles. The maximum absolute atomic E-state index is 11.4. The van der Waals surface area contributed by atoms with Crippen molar-refractivity contribution in [2.24, 2.45) is 0 Å². The van der Waals surface area contributed by atoms with Gasteiger partial charge < -0.3 is 4.74 Å². The highest BCUT2D eigenvalue weighted by atomic mass is 28.3. The van der Waals surface area contributed by atoms with Gasteiger partial charge in [0.15, 0.2) is 0 Å². The van der Waals surface area contributed by atoms with Gasteiger partial charge in [0.2, 0.25) is 0 Å². The first-order chi connectivity index (χ1) is 11.6. The van der Waals surface area contributed by atoms with Crippen LogP contribution < -0.4 is 0 Å². The molecule has 4 nitrogen and oxygen atoms in total. The predicted molar refractivity (Wildman–Crippen MR) is 105 cm³/mol. The molecule has 0 saturated carbocycles. The normalized spacial score (nSPS) is 19.3. The number of rotatable bonds is 13. The predicted octanol–water partition coefficient (Wildman–Crippen LogP) is 3.66. The maximum Gasteiger partial charge on any atom is 0.306 e. The van der Waals surface area contributed by atoms with E-state index in [0.717, 1.165) is 13.1 Å². The summed E-state index contributed by atoms with van der Waals surface area (Å²) in [4.78, 5) is 16.6. The standard InChI is InChI=1S/C19H40N2O2Si/c1-5-6-7-8-9-10-11-12-14-20-16-17-21(19(20)24(3)4)15-13-18(22)23-2/h19,24H,5-17H2,1-4H3. The number of hydrogen-bond donors (Lipinski definition) is 0. The van der Waals surface area contributed by atoms with Gasteiger partial charge in [-0.3, -0.25) is 14.6 Å². The second-order valence-electron chi connectivity index (χ2n) is 7.53. The van der Waals surface area contributed by atoms with Gasteiger partial charge in [0.25, 0.3) is 0 Å². The van der Waals surface area contributed by atoms with E-state index in [2.05, 4.69) is 29.8 Å². The first kappa shape index (κ1) is 21.6. The number of esters is 1. The molecule has 0 bridgehead atoms. The Morgan fingerprint density at radius 1 is 0.958 bits per heavy atom.